The lowest BCUT2D eigenvalue weighted by Crippen LogP contribution is -2.41. The van der Waals surface area contributed by atoms with Gasteiger partial charge in [-0.2, -0.15) is 0 Å². The van der Waals surface area contributed by atoms with Gasteiger partial charge in [-0.25, -0.2) is 9.97 Å². The van der Waals surface area contributed by atoms with Crippen LogP contribution in [0.15, 0.2) is 36.4 Å². The van der Waals surface area contributed by atoms with Crippen molar-refractivity contribution in [3.63, 3.8) is 0 Å². The van der Waals surface area contributed by atoms with Crippen molar-refractivity contribution in [1.82, 2.24) is 14.9 Å². The molecular formula is C19H27N5. The summed E-state index contributed by atoms with van der Waals surface area (Å²) in [7, 11) is 0. The van der Waals surface area contributed by atoms with Gasteiger partial charge in [0, 0.05) is 31.1 Å². The molecule has 0 aliphatic carbocycles. The van der Waals surface area contributed by atoms with Gasteiger partial charge in [0.1, 0.15) is 17.5 Å². The average molecular weight is 325 g/mol. The summed E-state index contributed by atoms with van der Waals surface area (Å²) in [6.45, 7) is 7.34. The van der Waals surface area contributed by atoms with E-state index in [1.807, 2.05) is 6.07 Å². The summed E-state index contributed by atoms with van der Waals surface area (Å²) in [5, 5.41) is 3.56. The molecule has 1 aliphatic heterocycles. The predicted molar refractivity (Wildman–Crippen MR) is 98.9 cm³/mol. The maximum Gasteiger partial charge on any atom is 0.135 e. The number of nitrogens with one attached hydrogen (secondary N) is 1. The molecule has 0 saturated carbocycles. The van der Waals surface area contributed by atoms with Gasteiger partial charge in [0.2, 0.25) is 0 Å². The number of nitrogen functional groups attached to an aromatic ring is 1. The summed E-state index contributed by atoms with van der Waals surface area (Å²) in [5.41, 5.74) is 7.30. The van der Waals surface area contributed by atoms with E-state index in [1.54, 1.807) is 0 Å². The number of hydrogen-bond acceptors (Lipinski definition) is 5. The molecule has 1 aliphatic rings. The van der Waals surface area contributed by atoms with E-state index in [9.17, 15) is 0 Å². The molecule has 1 unspecified atom stereocenters. The molecule has 1 atom stereocenters. The molecule has 2 aromatic rings. The third kappa shape index (κ3) is 4.45. The van der Waals surface area contributed by atoms with E-state index in [-0.39, 0.29) is 5.92 Å². The van der Waals surface area contributed by atoms with Gasteiger partial charge >= 0.3 is 0 Å². The molecule has 128 valence electrons. The van der Waals surface area contributed by atoms with E-state index in [0.29, 0.717) is 11.9 Å². The number of likely N-dealkylation sites (tertiary alicyclic amines) is 1. The Morgan fingerprint density at radius 3 is 2.79 bits per heavy atom. The monoisotopic (exact) mass is 325 g/mol. The molecule has 5 heteroatoms. The minimum Gasteiger partial charge on any atom is -0.384 e. The Balaban J connectivity index is 1.63. The number of aromatic nitrogens is 2. The van der Waals surface area contributed by atoms with Crippen LogP contribution in [-0.2, 0) is 6.54 Å². The molecule has 1 aromatic carbocycles. The van der Waals surface area contributed by atoms with Crippen LogP contribution in [0.5, 0.6) is 0 Å². The first-order chi connectivity index (χ1) is 11.6. The number of hydrogen-bond donors (Lipinski definition) is 2. The number of benzene rings is 1. The minimum absolute atomic E-state index is 0.273. The van der Waals surface area contributed by atoms with Crippen molar-refractivity contribution >= 4 is 11.6 Å². The van der Waals surface area contributed by atoms with Crippen molar-refractivity contribution in [1.29, 1.82) is 0 Å². The van der Waals surface area contributed by atoms with E-state index in [4.69, 9.17) is 5.73 Å². The molecule has 0 bridgehead atoms. The van der Waals surface area contributed by atoms with Gasteiger partial charge in [-0.3, -0.25) is 4.90 Å². The number of piperidine rings is 1. The Kier molecular flexibility index (Phi) is 5.30. The van der Waals surface area contributed by atoms with Gasteiger partial charge in [0.15, 0.2) is 0 Å². The van der Waals surface area contributed by atoms with Crippen molar-refractivity contribution in [2.24, 2.45) is 0 Å². The SMILES string of the molecule is CC(C)c1nc(N)cc(NC2CCCN(Cc3ccccc3)C2)n1. The lowest BCUT2D eigenvalue weighted by atomic mass is 10.0. The summed E-state index contributed by atoms with van der Waals surface area (Å²) in [6, 6.07) is 12.9. The number of nitrogens with zero attached hydrogens (tertiary/aromatic N) is 3. The molecule has 0 spiro atoms. The third-order valence-corrected chi connectivity index (χ3v) is 4.39. The Morgan fingerprint density at radius 2 is 2.04 bits per heavy atom. The van der Waals surface area contributed by atoms with Gasteiger partial charge in [-0.1, -0.05) is 44.2 Å². The normalized spacial score (nSPS) is 18.7. The van der Waals surface area contributed by atoms with E-state index in [1.165, 1.54) is 12.0 Å². The Morgan fingerprint density at radius 1 is 1.25 bits per heavy atom. The smallest absolute Gasteiger partial charge is 0.135 e. The second-order valence-corrected chi connectivity index (χ2v) is 6.90. The van der Waals surface area contributed by atoms with Crippen molar-refractivity contribution < 1.29 is 0 Å². The minimum atomic E-state index is 0.273. The van der Waals surface area contributed by atoms with Crippen molar-refractivity contribution in [3.05, 3.63) is 47.8 Å². The van der Waals surface area contributed by atoms with Crippen LogP contribution in [0.25, 0.3) is 0 Å². The van der Waals surface area contributed by atoms with Crippen LogP contribution in [0.2, 0.25) is 0 Å². The van der Waals surface area contributed by atoms with Crippen LogP contribution >= 0.6 is 0 Å². The highest BCUT2D eigenvalue weighted by atomic mass is 15.2. The van der Waals surface area contributed by atoms with Crippen molar-refractivity contribution in [3.8, 4) is 0 Å². The van der Waals surface area contributed by atoms with Gasteiger partial charge in [-0.15, -0.1) is 0 Å². The van der Waals surface area contributed by atoms with Crippen molar-refractivity contribution in [2.75, 3.05) is 24.1 Å². The maximum atomic E-state index is 5.93. The van der Waals surface area contributed by atoms with Crippen LogP contribution in [0.3, 0.4) is 0 Å². The average Bonchev–Trinajstić information content (AvgIpc) is 2.55. The quantitative estimate of drug-likeness (QED) is 0.883. The number of rotatable bonds is 5. The van der Waals surface area contributed by atoms with Crippen molar-refractivity contribution in [2.45, 2.75) is 45.2 Å². The molecule has 1 aromatic heterocycles. The van der Waals surface area contributed by atoms with Gasteiger partial charge in [-0.05, 0) is 24.9 Å². The van der Waals surface area contributed by atoms with Gasteiger partial charge in [0.25, 0.3) is 0 Å². The molecule has 1 saturated heterocycles. The zero-order valence-electron chi connectivity index (χ0n) is 14.6. The summed E-state index contributed by atoms with van der Waals surface area (Å²) in [5.74, 6) is 2.45. The molecule has 24 heavy (non-hydrogen) atoms. The molecule has 3 N–H and O–H groups in total. The molecule has 0 radical (unpaired) electrons. The maximum absolute atomic E-state index is 5.93. The van der Waals surface area contributed by atoms with Crippen LogP contribution in [0.4, 0.5) is 11.6 Å². The van der Waals surface area contributed by atoms with Gasteiger partial charge in [0.05, 0.1) is 0 Å². The highest BCUT2D eigenvalue weighted by molar-refractivity contribution is 5.45. The summed E-state index contributed by atoms with van der Waals surface area (Å²) < 4.78 is 0. The lowest BCUT2D eigenvalue weighted by Gasteiger charge is -2.33. The van der Waals surface area contributed by atoms with Gasteiger partial charge < -0.3 is 11.1 Å². The molecular weight excluding hydrogens is 298 g/mol. The summed E-state index contributed by atoms with van der Waals surface area (Å²) in [4.78, 5) is 11.4. The topological polar surface area (TPSA) is 67.1 Å². The highest BCUT2D eigenvalue weighted by Gasteiger charge is 2.20. The van der Waals surface area contributed by atoms with E-state index in [0.717, 1.165) is 37.7 Å². The largest absolute Gasteiger partial charge is 0.384 e. The third-order valence-electron chi connectivity index (χ3n) is 4.39. The van der Waals surface area contributed by atoms with Crippen LogP contribution in [0, 0.1) is 0 Å². The fourth-order valence-corrected chi connectivity index (χ4v) is 3.19. The fourth-order valence-electron chi connectivity index (χ4n) is 3.19. The predicted octanol–water partition coefficient (Wildman–Crippen LogP) is 3.26. The molecule has 2 heterocycles. The molecule has 0 amide bonds. The fraction of sp³-hybridized carbons (Fsp3) is 0.474. The highest BCUT2D eigenvalue weighted by Crippen LogP contribution is 2.20. The Bertz CT molecular complexity index is 656. The number of nitrogens with two attached hydrogens (primary N) is 1. The standard InChI is InChI=1S/C19H27N5/c1-14(2)19-22-17(20)11-18(23-19)21-16-9-6-10-24(13-16)12-15-7-4-3-5-8-15/h3-5,7-8,11,14,16H,6,9-10,12-13H2,1-2H3,(H3,20,21,22,23). The first-order valence-corrected chi connectivity index (χ1v) is 8.77. The van der Waals surface area contributed by atoms with E-state index < -0.39 is 0 Å². The molecule has 3 rings (SSSR count). The van der Waals surface area contributed by atoms with Crippen LogP contribution in [0.1, 0.15) is 44.0 Å². The summed E-state index contributed by atoms with van der Waals surface area (Å²) in [6.07, 6.45) is 2.36. The first kappa shape index (κ1) is 16.7. The van der Waals surface area contributed by atoms with Crippen LogP contribution in [-0.4, -0.2) is 34.0 Å². The summed E-state index contributed by atoms with van der Waals surface area (Å²) >= 11 is 0. The zero-order chi connectivity index (χ0) is 16.9. The van der Waals surface area contributed by atoms with E-state index in [2.05, 4.69) is 64.4 Å². The van der Waals surface area contributed by atoms with E-state index >= 15 is 0 Å². The second kappa shape index (κ2) is 7.62. The first-order valence-electron chi connectivity index (χ1n) is 8.77. The van der Waals surface area contributed by atoms with Crippen LogP contribution < -0.4 is 11.1 Å². The second-order valence-electron chi connectivity index (χ2n) is 6.90. The lowest BCUT2D eigenvalue weighted by molar-refractivity contribution is 0.208. The molecule has 1 fully saturated rings. The zero-order valence-corrected chi connectivity index (χ0v) is 14.6. The molecule has 5 nitrogen and oxygen atoms in total. The Hall–Kier alpha value is -2.14. The number of anilines is 2. The Labute approximate surface area is 144 Å².